The molecule has 0 bridgehead atoms. The Kier molecular flexibility index (Phi) is 9.69. The molecule has 1 aliphatic heterocycles. The van der Waals surface area contributed by atoms with Crippen LogP contribution in [0.25, 0.3) is 0 Å². The van der Waals surface area contributed by atoms with E-state index in [0.717, 1.165) is 43.5 Å². The molecular formula is C18H24F6N4O5. The van der Waals surface area contributed by atoms with E-state index in [1.54, 1.807) is 6.20 Å². The van der Waals surface area contributed by atoms with E-state index < -0.39 is 24.3 Å². The average molecular weight is 490 g/mol. The van der Waals surface area contributed by atoms with Gasteiger partial charge in [0.1, 0.15) is 0 Å². The molecule has 1 aromatic heterocycles. The van der Waals surface area contributed by atoms with Crippen molar-refractivity contribution in [1.82, 2.24) is 14.7 Å². The molecular weight excluding hydrogens is 466 g/mol. The van der Waals surface area contributed by atoms with Gasteiger partial charge in [-0.1, -0.05) is 0 Å². The van der Waals surface area contributed by atoms with Gasteiger partial charge in [0.2, 0.25) is 0 Å². The van der Waals surface area contributed by atoms with Crippen LogP contribution in [0.15, 0.2) is 6.20 Å². The lowest BCUT2D eigenvalue weighted by Crippen LogP contribution is -2.41. The largest absolute Gasteiger partial charge is 0.490 e. The first-order valence-electron chi connectivity index (χ1n) is 9.74. The molecule has 2 aliphatic rings. The molecule has 2 heterocycles. The van der Waals surface area contributed by atoms with Gasteiger partial charge in [0.25, 0.3) is 5.91 Å². The van der Waals surface area contributed by atoms with Crippen LogP contribution < -0.4 is 5.73 Å². The number of aryl methyl sites for hydroxylation is 1. The number of nitrogens with zero attached hydrogens (tertiary/aromatic N) is 3. The van der Waals surface area contributed by atoms with Gasteiger partial charge in [0, 0.05) is 32.1 Å². The first-order valence-corrected chi connectivity index (χ1v) is 9.74. The quantitative estimate of drug-likeness (QED) is 0.554. The number of nitrogens with two attached hydrogens (primary N) is 1. The van der Waals surface area contributed by atoms with Crippen molar-refractivity contribution in [1.29, 1.82) is 0 Å². The summed E-state index contributed by atoms with van der Waals surface area (Å²) in [6.45, 7) is 1.51. The highest BCUT2D eigenvalue weighted by Gasteiger charge is 2.39. The Labute approximate surface area is 184 Å². The van der Waals surface area contributed by atoms with E-state index in [0.29, 0.717) is 12.6 Å². The summed E-state index contributed by atoms with van der Waals surface area (Å²) in [6.07, 6.45) is -2.77. The summed E-state index contributed by atoms with van der Waals surface area (Å²) in [7, 11) is 1.91. The molecule has 1 aliphatic carbocycles. The summed E-state index contributed by atoms with van der Waals surface area (Å²) in [4.78, 5) is 32.3. The maximum Gasteiger partial charge on any atom is 0.490 e. The second-order valence-corrected chi connectivity index (χ2v) is 7.35. The summed E-state index contributed by atoms with van der Waals surface area (Å²) in [5, 5.41) is 18.6. The standard InChI is InChI=1S/C14H22N4O.2C2HF3O2/c1-17(11-5-2-6-11)14(19)12-9-16-18-7-3-4-10(8-15)13(12)18;2*3-2(4,5)1(6)7/h9-11H,2-8,15H2,1H3;2*(H,6,7)/t10-;;/m1../s1. The second kappa shape index (κ2) is 11.3. The third kappa shape index (κ3) is 7.91. The number of rotatable bonds is 3. The van der Waals surface area contributed by atoms with E-state index in [1.165, 1.54) is 6.42 Å². The summed E-state index contributed by atoms with van der Waals surface area (Å²) in [5.41, 5.74) is 7.68. The van der Waals surface area contributed by atoms with Crippen LogP contribution in [0.4, 0.5) is 26.3 Å². The number of alkyl halides is 6. The number of halogens is 6. The van der Waals surface area contributed by atoms with Crippen LogP contribution in [0.2, 0.25) is 0 Å². The summed E-state index contributed by atoms with van der Waals surface area (Å²) >= 11 is 0. The van der Waals surface area contributed by atoms with Crippen molar-refractivity contribution in [3.63, 3.8) is 0 Å². The number of carbonyl (C=O) groups is 3. The van der Waals surface area contributed by atoms with Crippen molar-refractivity contribution in [2.24, 2.45) is 5.73 Å². The Morgan fingerprint density at radius 2 is 1.55 bits per heavy atom. The molecule has 4 N–H and O–H groups in total. The lowest BCUT2D eigenvalue weighted by atomic mass is 9.90. The van der Waals surface area contributed by atoms with E-state index in [-0.39, 0.29) is 11.8 Å². The van der Waals surface area contributed by atoms with Crippen molar-refractivity contribution >= 4 is 17.8 Å². The van der Waals surface area contributed by atoms with Crippen molar-refractivity contribution < 1.29 is 50.9 Å². The molecule has 3 rings (SSSR count). The number of aromatic nitrogens is 2. The van der Waals surface area contributed by atoms with Gasteiger partial charge in [-0.3, -0.25) is 9.48 Å². The monoisotopic (exact) mass is 490 g/mol. The SMILES string of the molecule is CN(C(=O)c1cnn2c1[C@@H](CN)CCC2)C1CCC1.O=C(O)C(F)(F)F.O=C(O)C(F)(F)F. The predicted octanol–water partition coefficient (Wildman–Crippen LogP) is 2.61. The van der Waals surface area contributed by atoms with Crippen LogP contribution in [-0.4, -0.2) is 74.7 Å². The molecule has 0 saturated heterocycles. The number of aliphatic carboxylic acids is 2. The minimum Gasteiger partial charge on any atom is -0.475 e. The molecule has 1 atom stereocenters. The van der Waals surface area contributed by atoms with Crippen LogP contribution in [0.3, 0.4) is 0 Å². The molecule has 1 amide bonds. The van der Waals surface area contributed by atoms with Crippen molar-refractivity contribution in [2.45, 2.75) is 63.0 Å². The van der Waals surface area contributed by atoms with Crippen molar-refractivity contribution in [3.8, 4) is 0 Å². The van der Waals surface area contributed by atoms with Gasteiger partial charge in [-0.25, -0.2) is 9.59 Å². The van der Waals surface area contributed by atoms with Crippen LogP contribution in [-0.2, 0) is 16.1 Å². The number of hydrogen-bond donors (Lipinski definition) is 3. The number of amides is 1. The zero-order valence-corrected chi connectivity index (χ0v) is 17.5. The number of fused-ring (bicyclic) bond motifs is 1. The Bertz CT molecular complexity index is 811. The minimum atomic E-state index is -5.08. The lowest BCUT2D eigenvalue weighted by Gasteiger charge is -2.35. The van der Waals surface area contributed by atoms with Gasteiger partial charge < -0.3 is 20.8 Å². The van der Waals surface area contributed by atoms with Crippen LogP contribution in [0.5, 0.6) is 0 Å². The molecule has 0 spiro atoms. The molecule has 33 heavy (non-hydrogen) atoms. The van der Waals surface area contributed by atoms with Gasteiger partial charge >= 0.3 is 24.3 Å². The second-order valence-electron chi connectivity index (χ2n) is 7.35. The van der Waals surface area contributed by atoms with E-state index >= 15 is 0 Å². The fourth-order valence-corrected chi connectivity index (χ4v) is 3.15. The summed E-state index contributed by atoms with van der Waals surface area (Å²) in [5.74, 6) is -5.11. The van der Waals surface area contributed by atoms with Crippen molar-refractivity contribution in [2.75, 3.05) is 13.6 Å². The molecule has 1 aromatic rings. The Morgan fingerprint density at radius 1 is 1.06 bits per heavy atom. The highest BCUT2D eigenvalue weighted by Crippen LogP contribution is 2.31. The molecule has 0 unspecified atom stereocenters. The minimum absolute atomic E-state index is 0.117. The van der Waals surface area contributed by atoms with Gasteiger partial charge in [0.15, 0.2) is 0 Å². The number of carboxylic acid groups (broad SMARTS) is 2. The van der Waals surface area contributed by atoms with E-state index in [4.69, 9.17) is 25.5 Å². The molecule has 0 aromatic carbocycles. The van der Waals surface area contributed by atoms with Gasteiger partial charge in [-0.15, -0.1) is 0 Å². The number of carboxylic acids is 2. The third-order valence-electron chi connectivity index (χ3n) is 5.13. The van der Waals surface area contributed by atoms with E-state index in [2.05, 4.69) is 5.10 Å². The topological polar surface area (TPSA) is 139 Å². The Hall–Kier alpha value is -2.84. The number of carbonyl (C=O) groups excluding carboxylic acids is 1. The fraction of sp³-hybridized carbons (Fsp3) is 0.667. The molecule has 188 valence electrons. The maximum absolute atomic E-state index is 12.6. The highest BCUT2D eigenvalue weighted by atomic mass is 19.4. The smallest absolute Gasteiger partial charge is 0.475 e. The Balaban J connectivity index is 0.000000324. The highest BCUT2D eigenvalue weighted by molar-refractivity contribution is 5.95. The number of hydrogen-bond acceptors (Lipinski definition) is 5. The maximum atomic E-state index is 12.6. The van der Waals surface area contributed by atoms with E-state index in [1.807, 2.05) is 16.6 Å². The predicted molar refractivity (Wildman–Crippen MR) is 100 cm³/mol. The van der Waals surface area contributed by atoms with Crippen LogP contribution in [0, 0.1) is 0 Å². The molecule has 1 saturated carbocycles. The van der Waals surface area contributed by atoms with Crippen LogP contribution >= 0.6 is 0 Å². The Morgan fingerprint density at radius 3 is 1.91 bits per heavy atom. The van der Waals surface area contributed by atoms with Crippen molar-refractivity contribution in [3.05, 3.63) is 17.5 Å². The molecule has 0 radical (unpaired) electrons. The average Bonchev–Trinajstić information content (AvgIpc) is 3.09. The van der Waals surface area contributed by atoms with Gasteiger partial charge in [-0.2, -0.15) is 31.4 Å². The zero-order chi connectivity index (χ0) is 25.6. The molecule has 15 heteroatoms. The van der Waals surface area contributed by atoms with Gasteiger partial charge in [0.05, 0.1) is 17.5 Å². The zero-order valence-electron chi connectivity index (χ0n) is 17.5. The summed E-state index contributed by atoms with van der Waals surface area (Å²) in [6, 6.07) is 0.419. The van der Waals surface area contributed by atoms with E-state index in [9.17, 15) is 31.1 Å². The third-order valence-corrected chi connectivity index (χ3v) is 5.13. The molecule has 1 fully saturated rings. The lowest BCUT2D eigenvalue weighted by molar-refractivity contribution is -0.193. The fourth-order valence-electron chi connectivity index (χ4n) is 3.15. The van der Waals surface area contributed by atoms with Crippen LogP contribution in [0.1, 0.15) is 54.1 Å². The molecule has 9 nitrogen and oxygen atoms in total. The normalized spacial score (nSPS) is 17.9. The first-order chi connectivity index (χ1) is 15.1. The summed E-state index contributed by atoms with van der Waals surface area (Å²) < 4.78 is 65.4. The first kappa shape index (κ1) is 28.2. The van der Waals surface area contributed by atoms with Gasteiger partial charge in [-0.05, 0) is 32.1 Å².